The predicted octanol–water partition coefficient (Wildman–Crippen LogP) is 4.73. The molecule has 17 heavy (non-hydrogen) atoms. The molecule has 2 aromatic carbocycles. The molecular formula is C15H12OS. The topological polar surface area (TPSA) is 13.1 Å². The fourth-order valence-corrected chi connectivity index (χ4v) is 2.65. The van der Waals surface area contributed by atoms with Crippen LogP contribution in [0.4, 0.5) is 0 Å². The largest absolute Gasteiger partial charge is 0.464 e. The lowest BCUT2D eigenvalue weighted by atomic mass is 10.2. The average molecular weight is 240 g/mol. The number of furan rings is 1. The summed E-state index contributed by atoms with van der Waals surface area (Å²) in [5.74, 6) is 0.993. The maximum atomic E-state index is 5.40. The fourth-order valence-electron chi connectivity index (χ4n) is 1.77. The van der Waals surface area contributed by atoms with Gasteiger partial charge < -0.3 is 4.42 Å². The van der Waals surface area contributed by atoms with Crippen molar-refractivity contribution >= 4 is 22.7 Å². The molecule has 0 N–H and O–H groups in total. The summed E-state index contributed by atoms with van der Waals surface area (Å²) in [5.41, 5.74) is 2.31. The first-order valence-electron chi connectivity index (χ1n) is 5.56. The van der Waals surface area contributed by atoms with E-state index in [1.165, 1.54) is 10.5 Å². The zero-order valence-corrected chi connectivity index (χ0v) is 10.1. The van der Waals surface area contributed by atoms with E-state index in [1.807, 2.05) is 23.9 Å². The highest BCUT2D eigenvalue weighted by atomic mass is 32.2. The number of rotatable bonds is 3. The zero-order chi connectivity index (χ0) is 11.5. The van der Waals surface area contributed by atoms with Crippen LogP contribution in [0.15, 0.2) is 70.2 Å². The third-order valence-corrected chi connectivity index (χ3v) is 3.74. The molecule has 0 aliphatic rings. The summed E-state index contributed by atoms with van der Waals surface area (Å²) in [7, 11) is 0. The van der Waals surface area contributed by atoms with E-state index in [-0.39, 0.29) is 0 Å². The minimum absolute atomic E-state index is 0.961. The molecule has 0 aliphatic carbocycles. The highest BCUT2D eigenvalue weighted by molar-refractivity contribution is 7.98. The Labute approximate surface area is 104 Å². The van der Waals surface area contributed by atoms with Crippen LogP contribution in [-0.2, 0) is 5.75 Å². The second-order valence-electron chi connectivity index (χ2n) is 3.89. The van der Waals surface area contributed by atoms with Gasteiger partial charge in [-0.3, -0.25) is 0 Å². The Morgan fingerprint density at radius 3 is 2.71 bits per heavy atom. The molecule has 1 aromatic heterocycles. The maximum absolute atomic E-state index is 5.40. The molecule has 1 heterocycles. The summed E-state index contributed by atoms with van der Waals surface area (Å²) >= 11 is 1.83. The van der Waals surface area contributed by atoms with Crippen molar-refractivity contribution in [2.24, 2.45) is 0 Å². The predicted molar refractivity (Wildman–Crippen MR) is 72.2 cm³/mol. The average Bonchev–Trinajstić information content (AvgIpc) is 2.85. The van der Waals surface area contributed by atoms with Crippen LogP contribution in [0.2, 0.25) is 0 Å². The van der Waals surface area contributed by atoms with Crippen LogP contribution >= 0.6 is 11.8 Å². The van der Waals surface area contributed by atoms with Crippen LogP contribution in [0.25, 0.3) is 11.0 Å². The second kappa shape index (κ2) is 4.68. The Morgan fingerprint density at radius 2 is 1.82 bits per heavy atom. The molecule has 3 rings (SSSR count). The Bertz CT molecular complexity index is 613. The van der Waals surface area contributed by atoms with Gasteiger partial charge in [-0.2, -0.15) is 0 Å². The van der Waals surface area contributed by atoms with Crippen molar-refractivity contribution in [3.8, 4) is 0 Å². The number of hydrogen-bond donors (Lipinski definition) is 0. The van der Waals surface area contributed by atoms with Gasteiger partial charge >= 0.3 is 0 Å². The summed E-state index contributed by atoms with van der Waals surface area (Å²) in [4.78, 5) is 1.25. The SMILES string of the molecule is c1ccc(CSc2ccc3ccoc3c2)cc1. The highest BCUT2D eigenvalue weighted by Gasteiger charge is 2.00. The smallest absolute Gasteiger partial charge is 0.134 e. The lowest BCUT2D eigenvalue weighted by molar-refractivity contribution is 0.615. The summed E-state index contributed by atoms with van der Waals surface area (Å²) in [6, 6.07) is 18.8. The number of benzene rings is 2. The van der Waals surface area contributed by atoms with E-state index in [0.717, 1.165) is 16.7 Å². The molecule has 0 unspecified atom stereocenters. The maximum Gasteiger partial charge on any atom is 0.134 e. The van der Waals surface area contributed by atoms with Gasteiger partial charge in [0.15, 0.2) is 0 Å². The highest BCUT2D eigenvalue weighted by Crippen LogP contribution is 2.26. The number of fused-ring (bicyclic) bond motifs is 1. The van der Waals surface area contributed by atoms with Crippen molar-refractivity contribution in [3.63, 3.8) is 0 Å². The van der Waals surface area contributed by atoms with Crippen LogP contribution in [0.1, 0.15) is 5.56 Å². The van der Waals surface area contributed by atoms with E-state index < -0.39 is 0 Å². The third kappa shape index (κ3) is 2.37. The molecule has 0 saturated carbocycles. The Hall–Kier alpha value is -1.67. The zero-order valence-electron chi connectivity index (χ0n) is 9.30. The van der Waals surface area contributed by atoms with E-state index in [0.29, 0.717) is 0 Å². The van der Waals surface area contributed by atoms with E-state index in [9.17, 15) is 0 Å². The molecule has 0 aliphatic heterocycles. The second-order valence-corrected chi connectivity index (χ2v) is 4.94. The number of thioether (sulfide) groups is 1. The van der Waals surface area contributed by atoms with E-state index >= 15 is 0 Å². The molecule has 0 spiro atoms. The van der Waals surface area contributed by atoms with Gasteiger partial charge in [0.2, 0.25) is 0 Å². The lowest BCUT2D eigenvalue weighted by Gasteiger charge is -2.01. The minimum atomic E-state index is 0.961. The standard InChI is InChI=1S/C15H12OS/c1-2-4-12(5-3-1)11-17-14-7-6-13-8-9-16-15(13)10-14/h1-10H,11H2. The van der Waals surface area contributed by atoms with Gasteiger partial charge in [0.1, 0.15) is 5.58 Å². The first-order chi connectivity index (χ1) is 8.42. The summed E-state index contributed by atoms with van der Waals surface area (Å²) in [6.45, 7) is 0. The van der Waals surface area contributed by atoms with Gasteiger partial charge in [-0.25, -0.2) is 0 Å². The fraction of sp³-hybridized carbons (Fsp3) is 0.0667. The van der Waals surface area contributed by atoms with Crippen LogP contribution in [0.5, 0.6) is 0 Å². The quantitative estimate of drug-likeness (QED) is 0.614. The van der Waals surface area contributed by atoms with Crippen molar-refractivity contribution in [2.75, 3.05) is 0 Å². The Morgan fingerprint density at radius 1 is 0.941 bits per heavy atom. The van der Waals surface area contributed by atoms with Crippen LogP contribution < -0.4 is 0 Å². The lowest BCUT2D eigenvalue weighted by Crippen LogP contribution is -1.79. The molecule has 0 bridgehead atoms. The summed E-state index contributed by atoms with van der Waals surface area (Å²) in [6.07, 6.45) is 1.73. The van der Waals surface area contributed by atoms with E-state index in [2.05, 4.69) is 42.5 Å². The van der Waals surface area contributed by atoms with Crippen LogP contribution in [-0.4, -0.2) is 0 Å². The first kappa shape index (κ1) is 10.5. The monoisotopic (exact) mass is 240 g/mol. The molecule has 1 nitrogen and oxygen atoms in total. The van der Waals surface area contributed by atoms with E-state index in [4.69, 9.17) is 4.42 Å². The molecule has 2 heteroatoms. The van der Waals surface area contributed by atoms with Gasteiger partial charge in [-0.1, -0.05) is 36.4 Å². The summed E-state index contributed by atoms with van der Waals surface area (Å²) < 4.78 is 5.40. The summed E-state index contributed by atoms with van der Waals surface area (Å²) in [5, 5.41) is 1.16. The van der Waals surface area contributed by atoms with Crippen molar-refractivity contribution in [1.29, 1.82) is 0 Å². The number of hydrogen-bond acceptors (Lipinski definition) is 2. The van der Waals surface area contributed by atoms with Gasteiger partial charge in [-0.15, -0.1) is 11.8 Å². The Balaban J connectivity index is 1.76. The first-order valence-corrected chi connectivity index (χ1v) is 6.54. The van der Waals surface area contributed by atoms with Crippen molar-refractivity contribution in [3.05, 3.63) is 66.4 Å². The van der Waals surface area contributed by atoms with Gasteiger partial charge in [0.25, 0.3) is 0 Å². The molecule has 0 atom stereocenters. The van der Waals surface area contributed by atoms with Crippen molar-refractivity contribution in [2.45, 2.75) is 10.6 Å². The molecular weight excluding hydrogens is 228 g/mol. The van der Waals surface area contributed by atoms with Gasteiger partial charge in [0.05, 0.1) is 6.26 Å². The van der Waals surface area contributed by atoms with Gasteiger partial charge in [0, 0.05) is 16.0 Å². The molecule has 0 radical (unpaired) electrons. The van der Waals surface area contributed by atoms with Crippen LogP contribution in [0, 0.1) is 0 Å². The molecule has 0 fully saturated rings. The van der Waals surface area contributed by atoms with Crippen LogP contribution in [0.3, 0.4) is 0 Å². The molecule has 3 aromatic rings. The third-order valence-electron chi connectivity index (χ3n) is 2.68. The van der Waals surface area contributed by atoms with Gasteiger partial charge in [-0.05, 0) is 23.8 Å². The molecule has 0 amide bonds. The molecule has 84 valence electrons. The van der Waals surface area contributed by atoms with Crippen molar-refractivity contribution < 1.29 is 4.42 Å². The van der Waals surface area contributed by atoms with E-state index in [1.54, 1.807) is 6.26 Å². The molecule has 0 saturated heterocycles. The normalized spacial score (nSPS) is 10.8. The Kier molecular flexibility index (Phi) is 2.88. The minimum Gasteiger partial charge on any atom is -0.464 e. The van der Waals surface area contributed by atoms with Crippen molar-refractivity contribution in [1.82, 2.24) is 0 Å².